The van der Waals surface area contributed by atoms with Gasteiger partial charge in [0.15, 0.2) is 0 Å². The highest BCUT2D eigenvalue weighted by atomic mass is 14.5. The van der Waals surface area contributed by atoms with E-state index in [4.69, 9.17) is 0 Å². The third-order valence-corrected chi connectivity index (χ3v) is 5.91. The summed E-state index contributed by atoms with van der Waals surface area (Å²) in [6, 6.07) is 7.39. The van der Waals surface area contributed by atoms with Crippen molar-refractivity contribution in [1.29, 1.82) is 0 Å². The Hall–Kier alpha value is -0.780. The van der Waals surface area contributed by atoms with Crippen molar-refractivity contribution in [3.8, 4) is 0 Å². The summed E-state index contributed by atoms with van der Waals surface area (Å²) in [6.07, 6.45) is 9.51. The maximum absolute atomic E-state index is 2.55. The van der Waals surface area contributed by atoms with Crippen molar-refractivity contribution in [2.24, 2.45) is 11.8 Å². The fraction of sp³-hybridized carbons (Fsp3) is 0.684. The summed E-state index contributed by atoms with van der Waals surface area (Å²) in [4.78, 5) is 0. The minimum absolute atomic E-state index is 0.468. The van der Waals surface area contributed by atoms with E-state index in [1.54, 1.807) is 16.7 Å². The van der Waals surface area contributed by atoms with Gasteiger partial charge in [-0.3, -0.25) is 0 Å². The van der Waals surface area contributed by atoms with Gasteiger partial charge in [0.25, 0.3) is 0 Å². The van der Waals surface area contributed by atoms with Gasteiger partial charge in [-0.25, -0.2) is 0 Å². The number of fused-ring (bicyclic) bond motifs is 3. The smallest absolute Gasteiger partial charge is 0.00417 e. The van der Waals surface area contributed by atoms with Crippen LogP contribution in [0.3, 0.4) is 0 Å². The van der Waals surface area contributed by atoms with Gasteiger partial charge in [-0.2, -0.15) is 0 Å². The van der Waals surface area contributed by atoms with Crippen molar-refractivity contribution in [1.82, 2.24) is 0 Å². The molecule has 1 aromatic carbocycles. The number of aryl methyl sites for hydroxylation is 2. The zero-order valence-electron chi connectivity index (χ0n) is 12.8. The molecule has 1 fully saturated rings. The maximum Gasteiger partial charge on any atom is -0.00417 e. The SMILES string of the molecule is CCCc1ccc2c(c1)CCC1C(C)CCCC21C. The second-order valence-electron chi connectivity index (χ2n) is 7.17. The molecule has 3 rings (SSSR count). The molecule has 0 N–H and O–H groups in total. The lowest BCUT2D eigenvalue weighted by Crippen LogP contribution is -2.43. The van der Waals surface area contributed by atoms with Crippen molar-refractivity contribution in [3.05, 3.63) is 34.9 Å². The highest BCUT2D eigenvalue weighted by Gasteiger charge is 2.44. The van der Waals surface area contributed by atoms with Crippen molar-refractivity contribution >= 4 is 0 Å². The average Bonchev–Trinajstić information content (AvgIpc) is 2.38. The number of benzene rings is 1. The molecule has 0 radical (unpaired) electrons. The van der Waals surface area contributed by atoms with Gasteiger partial charge in [-0.1, -0.05) is 58.2 Å². The van der Waals surface area contributed by atoms with Gasteiger partial charge < -0.3 is 0 Å². The van der Waals surface area contributed by atoms with E-state index in [1.165, 1.54) is 44.9 Å². The highest BCUT2D eigenvalue weighted by Crippen LogP contribution is 2.52. The van der Waals surface area contributed by atoms with E-state index in [0.717, 1.165) is 11.8 Å². The average molecular weight is 256 g/mol. The van der Waals surface area contributed by atoms with Crippen LogP contribution in [0.1, 0.15) is 69.6 Å². The van der Waals surface area contributed by atoms with Crippen molar-refractivity contribution in [2.45, 2.75) is 71.1 Å². The van der Waals surface area contributed by atoms with E-state index in [0.29, 0.717) is 5.41 Å². The van der Waals surface area contributed by atoms with Crippen LogP contribution < -0.4 is 0 Å². The molecule has 2 aliphatic carbocycles. The molecule has 3 atom stereocenters. The van der Waals surface area contributed by atoms with Gasteiger partial charge in [0.1, 0.15) is 0 Å². The molecule has 1 saturated carbocycles. The normalized spacial score (nSPS) is 33.6. The molecule has 104 valence electrons. The minimum atomic E-state index is 0.468. The first-order chi connectivity index (χ1) is 9.15. The molecule has 2 aliphatic rings. The largest absolute Gasteiger partial charge is 0.0651 e. The topological polar surface area (TPSA) is 0 Å². The van der Waals surface area contributed by atoms with Crippen LogP contribution in [-0.2, 0) is 18.3 Å². The third kappa shape index (κ3) is 2.14. The van der Waals surface area contributed by atoms with Crippen molar-refractivity contribution in [2.75, 3.05) is 0 Å². The first-order valence-electron chi connectivity index (χ1n) is 8.27. The quantitative estimate of drug-likeness (QED) is 0.675. The molecule has 3 unspecified atom stereocenters. The zero-order valence-corrected chi connectivity index (χ0v) is 12.8. The summed E-state index contributed by atoms with van der Waals surface area (Å²) in [6.45, 7) is 7.31. The van der Waals surface area contributed by atoms with Gasteiger partial charge in [-0.15, -0.1) is 0 Å². The van der Waals surface area contributed by atoms with E-state index in [-0.39, 0.29) is 0 Å². The van der Waals surface area contributed by atoms with Gasteiger partial charge in [0.2, 0.25) is 0 Å². The molecule has 0 amide bonds. The van der Waals surface area contributed by atoms with Crippen LogP contribution in [0.15, 0.2) is 18.2 Å². The molecule has 0 saturated heterocycles. The third-order valence-electron chi connectivity index (χ3n) is 5.91. The lowest BCUT2D eigenvalue weighted by atomic mass is 9.55. The second-order valence-corrected chi connectivity index (χ2v) is 7.17. The molecule has 0 heteroatoms. The lowest BCUT2D eigenvalue weighted by molar-refractivity contribution is 0.118. The predicted molar refractivity (Wildman–Crippen MR) is 82.6 cm³/mol. The summed E-state index contributed by atoms with van der Waals surface area (Å²) in [5, 5.41) is 0. The molecule has 0 heterocycles. The Labute approximate surface area is 118 Å². The van der Waals surface area contributed by atoms with Crippen LogP contribution >= 0.6 is 0 Å². The molecular weight excluding hydrogens is 228 g/mol. The number of hydrogen-bond donors (Lipinski definition) is 0. The fourth-order valence-electron chi connectivity index (χ4n) is 4.91. The Morgan fingerprint density at radius 3 is 2.89 bits per heavy atom. The lowest BCUT2D eigenvalue weighted by Gasteiger charge is -2.49. The van der Waals surface area contributed by atoms with Crippen LogP contribution in [0, 0.1) is 11.8 Å². The Morgan fingerprint density at radius 1 is 1.26 bits per heavy atom. The summed E-state index contributed by atoms with van der Waals surface area (Å²) in [5.74, 6) is 1.84. The van der Waals surface area contributed by atoms with E-state index < -0.39 is 0 Å². The standard InChI is InChI=1S/C19H28/c1-4-6-15-8-10-18-16(13-15)9-11-17-14(2)7-5-12-19(17,18)3/h8,10,13-14,17H,4-7,9,11-12H2,1-3H3. The van der Waals surface area contributed by atoms with Crippen LogP contribution in [0.5, 0.6) is 0 Å². The van der Waals surface area contributed by atoms with Gasteiger partial charge in [0.05, 0.1) is 0 Å². The van der Waals surface area contributed by atoms with Crippen LogP contribution in [0.2, 0.25) is 0 Å². The molecule has 0 aliphatic heterocycles. The predicted octanol–water partition coefficient (Wildman–Crippen LogP) is 5.28. The van der Waals surface area contributed by atoms with E-state index in [9.17, 15) is 0 Å². The summed E-state index contributed by atoms with van der Waals surface area (Å²) < 4.78 is 0. The van der Waals surface area contributed by atoms with Crippen LogP contribution in [-0.4, -0.2) is 0 Å². The Bertz CT molecular complexity index is 459. The zero-order chi connectivity index (χ0) is 13.5. The van der Waals surface area contributed by atoms with Gasteiger partial charge >= 0.3 is 0 Å². The summed E-state index contributed by atoms with van der Waals surface area (Å²) in [5.41, 5.74) is 5.37. The minimum Gasteiger partial charge on any atom is -0.0651 e. The monoisotopic (exact) mass is 256 g/mol. The second kappa shape index (κ2) is 4.96. The molecular formula is C19H28. The molecule has 0 nitrogen and oxygen atoms in total. The molecule has 0 spiro atoms. The molecule has 19 heavy (non-hydrogen) atoms. The fourth-order valence-corrected chi connectivity index (χ4v) is 4.91. The van der Waals surface area contributed by atoms with Crippen LogP contribution in [0.4, 0.5) is 0 Å². The van der Waals surface area contributed by atoms with Crippen molar-refractivity contribution < 1.29 is 0 Å². The van der Waals surface area contributed by atoms with E-state index in [1.807, 2.05) is 0 Å². The number of hydrogen-bond acceptors (Lipinski definition) is 0. The van der Waals surface area contributed by atoms with E-state index in [2.05, 4.69) is 39.0 Å². The first-order valence-corrected chi connectivity index (χ1v) is 8.27. The van der Waals surface area contributed by atoms with Gasteiger partial charge in [0, 0.05) is 0 Å². The Kier molecular flexibility index (Phi) is 3.45. The Morgan fingerprint density at radius 2 is 2.11 bits per heavy atom. The molecule has 0 aromatic heterocycles. The summed E-state index contributed by atoms with van der Waals surface area (Å²) in [7, 11) is 0. The number of rotatable bonds is 2. The van der Waals surface area contributed by atoms with E-state index >= 15 is 0 Å². The maximum atomic E-state index is 2.55. The first kappa shape index (κ1) is 13.2. The summed E-state index contributed by atoms with van der Waals surface area (Å²) >= 11 is 0. The van der Waals surface area contributed by atoms with Crippen molar-refractivity contribution in [3.63, 3.8) is 0 Å². The Balaban J connectivity index is 1.99. The van der Waals surface area contributed by atoms with Crippen LogP contribution in [0.25, 0.3) is 0 Å². The van der Waals surface area contributed by atoms with Gasteiger partial charge in [-0.05, 0) is 59.6 Å². The highest BCUT2D eigenvalue weighted by molar-refractivity contribution is 5.40. The molecule has 1 aromatic rings. The molecule has 0 bridgehead atoms.